The van der Waals surface area contributed by atoms with Gasteiger partial charge in [-0.1, -0.05) is 24.3 Å². The number of anilines is 1. The van der Waals surface area contributed by atoms with Gasteiger partial charge in [0.25, 0.3) is 0 Å². The second-order valence-corrected chi connectivity index (χ2v) is 4.66. The normalized spacial score (nSPS) is 11.3. The molecule has 0 saturated heterocycles. The molecule has 21 heavy (non-hydrogen) atoms. The van der Waals surface area contributed by atoms with E-state index in [1.807, 2.05) is 49.4 Å². The van der Waals surface area contributed by atoms with E-state index in [9.17, 15) is 5.26 Å². The molecule has 0 bridgehead atoms. The fourth-order valence-corrected chi connectivity index (χ4v) is 2.22. The maximum atomic E-state index is 9.48. The Morgan fingerprint density at radius 3 is 2.48 bits per heavy atom. The number of para-hydroxylation sites is 1. The average molecular weight is 282 g/mol. The summed E-state index contributed by atoms with van der Waals surface area (Å²) in [5, 5.41) is 12.7. The minimum Gasteiger partial charge on any atom is -0.493 e. The van der Waals surface area contributed by atoms with Crippen LogP contribution in [0.2, 0.25) is 0 Å². The first-order valence-corrected chi connectivity index (χ1v) is 6.63. The predicted octanol–water partition coefficient (Wildman–Crippen LogP) is 3.69. The van der Waals surface area contributed by atoms with Gasteiger partial charge in [-0.3, -0.25) is 0 Å². The first-order chi connectivity index (χ1) is 10.2. The zero-order chi connectivity index (χ0) is 15.2. The summed E-state index contributed by atoms with van der Waals surface area (Å²) in [4.78, 5) is 0. The molecule has 1 unspecified atom stereocenters. The minimum atomic E-state index is -0.517. The molecule has 0 saturated carbocycles. The lowest BCUT2D eigenvalue weighted by molar-refractivity contribution is 0.351. The van der Waals surface area contributed by atoms with Gasteiger partial charge in [0, 0.05) is 11.3 Å². The molecule has 0 radical (unpaired) electrons. The van der Waals surface area contributed by atoms with Crippen molar-refractivity contribution < 1.29 is 9.47 Å². The Morgan fingerprint density at radius 2 is 1.86 bits per heavy atom. The Morgan fingerprint density at radius 1 is 1.10 bits per heavy atom. The van der Waals surface area contributed by atoms with E-state index in [1.165, 1.54) is 0 Å². The highest BCUT2D eigenvalue weighted by molar-refractivity contribution is 5.55. The van der Waals surface area contributed by atoms with E-state index in [0.717, 1.165) is 16.8 Å². The van der Waals surface area contributed by atoms with E-state index in [1.54, 1.807) is 14.2 Å². The predicted molar refractivity (Wildman–Crippen MR) is 82.7 cm³/mol. The molecule has 1 N–H and O–H groups in total. The smallest absolute Gasteiger partial charge is 0.167 e. The summed E-state index contributed by atoms with van der Waals surface area (Å²) in [6.45, 7) is 2.01. The van der Waals surface area contributed by atoms with Crippen LogP contribution < -0.4 is 14.8 Å². The molecule has 4 heteroatoms. The number of hydrogen-bond donors (Lipinski definition) is 1. The topological polar surface area (TPSA) is 54.3 Å². The van der Waals surface area contributed by atoms with Crippen LogP contribution in [-0.2, 0) is 0 Å². The summed E-state index contributed by atoms with van der Waals surface area (Å²) in [7, 11) is 3.15. The van der Waals surface area contributed by atoms with E-state index in [2.05, 4.69) is 11.4 Å². The maximum Gasteiger partial charge on any atom is 0.167 e. The van der Waals surface area contributed by atoms with E-state index in [-0.39, 0.29) is 0 Å². The van der Waals surface area contributed by atoms with E-state index in [4.69, 9.17) is 9.47 Å². The van der Waals surface area contributed by atoms with Gasteiger partial charge >= 0.3 is 0 Å². The van der Waals surface area contributed by atoms with Gasteiger partial charge < -0.3 is 14.8 Å². The lowest BCUT2D eigenvalue weighted by atomic mass is 10.1. The van der Waals surface area contributed by atoms with Crippen LogP contribution in [0.5, 0.6) is 11.5 Å². The third-order valence-corrected chi connectivity index (χ3v) is 3.20. The molecule has 0 amide bonds. The lowest BCUT2D eigenvalue weighted by Crippen LogP contribution is -2.10. The Balaban J connectivity index is 2.36. The molecule has 2 aromatic rings. The van der Waals surface area contributed by atoms with Crippen LogP contribution in [0.25, 0.3) is 0 Å². The molecule has 2 rings (SSSR count). The van der Waals surface area contributed by atoms with Gasteiger partial charge in [0.05, 0.1) is 20.3 Å². The van der Waals surface area contributed by atoms with Crippen molar-refractivity contribution in [2.75, 3.05) is 19.5 Å². The van der Waals surface area contributed by atoms with E-state index >= 15 is 0 Å². The monoisotopic (exact) mass is 282 g/mol. The molecule has 4 nitrogen and oxygen atoms in total. The fraction of sp³-hybridized carbons (Fsp3) is 0.235. The molecule has 0 aliphatic carbocycles. The SMILES string of the molecule is COc1cccc(C(C#N)Nc2cccc(C)c2)c1OC. The molecule has 2 aromatic carbocycles. The second kappa shape index (κ2) is 6.67. The zero-order valence-corrected chi connectivity index (χ0v) is 12.4. The molecular weight excluding hydrogens is 264 g/mol. The van der Waals surface area contributed by atoms with Crippen molar-refractivity contribution in [1.82, 2.24) is 0 Å². The number of nitrogens with one attached hydrogen (secondary N) is 1. The summed E-state index contributed by atoms with van der Waals surface area (Å²) in [5.74, 6) is 1.19. The van der Waals surface area contributed by atoms with Gasteiger partial charge in [-0.25, -0.2) is 0 Å². The van der Waals surface area contributed by atoms with Gasteiger partial charge in [-0.05, 0) is 30.7 Å². The first kappa shape index (κ1) is 14.7. The van der Waals surface area contributed by atoms with E-state index < -0.39 is 6.04 Å². The van der Waals surface area contributed by atoms with Gasteiger partial charge in [-0.15, -0.1) is 0 Å². The van der Waals surface area contributed by atoms with Gasteiger partial charge in [0.1, 0.15) is 6.04 Å². The number of ether oxygens (including phenoxy) is 2. The van der Waals surface area contributed by atoms with Crippen molar-refractivity contribution in [3.05, 3.63) is 53.6 Å². The van der Waals surface area contributed by atoms with Crippen LogP contribution in [0.15, 0.2) is 42.5 Å². The number of hydrogen-bond acceptors (Lipinski definition) is 4. The molecule has 0 spiro atoms. The zero-order valence-electron chi connectivity index (χ0n) is 12.4. The minimum absolute atomic E-state index is 0.517. The Kier molecular flexibility index (Phi) is 4.68. The average Bonchev–Trinajstić information content (AvgIpc) is 2.51. The summed E-state index contributed by atoms with van der Waals surface area (Å²) in [6, 6.07) is 15.2. The van der Waals surface area contributed by atoms with Crippen LogP contribution >= 0.6 is 0 Å². The van der Waals surface area contributed by atoms with E-state index in [0.29, 0.717) is 11.5 Å². The van der Waals surface area contributed by atoms with Gasteiger partial charge in [-0.2, -0.15) is 5.26 Å². The quantitative estimate of drug-likeness (QED) is 0.908. The van der Waals surface area contributed by atoms with Crippen LogP contribution in [0.3, 0.4) is 0 Å². The molecule has 0 heterocycles. The molecule has 0 aliphatic rings. The summed E-state index contributed by atoms with van der Waals surface area (Å²) < 4.78 is 10.7. The van der Waals surface area contributed by atoms with Crippen molar-refractivity contribution in [2.45, 2.75) is 13.0 Å². The Labute approximate surface area is 124 Å². The largest absolute Gasteiger partial charge is 0.493 e. The van der Waals surface area contributed by atoms with Crippen molar-refractivity contribution in [3.63, 3.8) is 0 Å². The van der Waals surface area contributed by atoms with Crippen LogP contribution in [0.4, 0.5) is 5.69 Å². The standard InChI is InChI=1S/C17H18N2O2/c1-12-6-4-7-13(10-12)19-15(11-18)14-8-5-9-16(20-2)17(14)21-3/h4-10,15,19H,1-3H3. The summed E-state index contributed by atoms with van der Waals surface area (Å²) in [6.07, 6.45) is 0. The third kappa shape index (κ3) is 3.26. The number of benzene rings is 2. The number of nitrogens with zero attached hydrogens (tertiary/aromatic N) is 1. The van der Waals surface area contributed by atoms with Crippen molar-refractivity contribution in [2.24, 2.45) is 0 Å². The number of aryl methyl sites for hydroxylation is 1. The summed E-state index contributed by atoms with van der Waals surface area (Å²) >= 11 is 0. The van der Waals surface area contributed by atoms with Crippen LogP contribution in [0, 0.1) is 18.3 Å². The highest BCUT2D eigenvalue weighted by atomic mass is 16.5. The van der Waals surface area contributed by atoms with Crippen molar-refractivity contribution >= 4 is 5.69 Å². The van der Waals surface area contributed by atoms with Crippen LogP contribution in [0.1, 0.15) is 17.2 Å². The molecule has 0 fully saturated rings. The molecule has 0 aliphatic heterocycles. The first-order valence-electron chi connectivity index (χ1n) is 6.63. The Bertz CT molecular complexity index is 662. The molecular formula is C17H18N2O2. The highest BCUT2D eigenvalue weighted by Crippen LogP contribution is 2.35. The highest BCUT2D eigenvalue weighted by Gasteiger charge is 2.18. The van der Waals surface area contributed by atoms with Gasteiger partial charge in [0.15, 0.2) is 11.5 Å². The number of nitriles is 1. The molecule has 108 valence electrons. The van der Waals surface area contributed by atoms with Crippen LogP contribution in [-0.4, -0.2) is 14.2 Å². The number of methoxy groups -OCH3 is 2. The third-order valence-electron chi connectivity index (χ3n) is 3.20. The fourth-order valence-electron chi connectivity index (χ4n) is 2.22. The maximum absolute atomic E-state index is 9.48. The summed E-state index contributed by atoms with van der Waals surface area (Å²) in [5.41, 5.74) is 2.78. The van der Waals surface area contributed by atoms with Crippen molar-refractivity contribution in [1.29, 1.82) is 5.26 Å². The number of rotatable bonds is 5. The van der Waals surface area contributed by atoms with Gasteiger partial charge in [0.2, 0.25) is 0 Å². The molecule has 1 atom stereocenters. The Hall–Kier alpha value is -2.67. The molecule has 0 aromatic heterocycles. The second-order valence-electron chi connectivity index (χ2n) is 4.66. The lowest BCUT2D eigenvalue weighted by Gasteiger charge is -2.18. The van der Waals surface area contributed by atoms with Crippen molar-refractivity contribution in [3.8, 4) is 17.6 Å².